The maximum absolute atomic E-state index is 12.4. The van der Waals surface area contributed by atoms with Gasteiger partial charge in [-0.05, 0) is 46.1 Å². The van der Waals surface area contributed by atoms with Crippen molar-refractivity contribution in [2.45, 2.75) is 45.6 Å². The van der Waals surface area contributed by atoms with Crippen LogP contribution >= 0.6 is 36.2 Å². The van der Waals surface area contributed by atoms with Crippen LogP contribution in [0.25, 0.3) is 0 Å². The molecule has 1 aliphatic carbocycles. The van der Waals surface area contributed by atoms with E-state index in [9.17, 15) is 4.79 Å². The van der Waals surface area contributed by atoms with Crippen molar-refractivity contribution in [1.29, 1.82) is 0 Å². The number of amides is 1. The Morgan fingerprint density at radius 1 is 1.48 bits per heavy atom. The molecule has 21 heavy (non-hydrogen) atoms. The molecule has 1 saturated carbocycles. The number of halogens is 2. The number of carbonyl (C=O) groups excluding carboxylic acids is 1. The molecule has 1 aromatic heterocycles. The number of thiazole rings is 1. The van der Waals surface area contributed by atoms with Crippen LogP contribution in [0.15, 0.2) is 5.38 Å². The molecule has 7 heteroatoms. The molecule has 122 valence electrons. The van der Waals surface area contributed by atoms with Crippen LogP contribution in [0.2, 0.25) is 0 Å². The predicted molar refractivity (Wildman–Crippen MR) is 92.4 cm³/mol. The van der Waals surface area contributed by atoms with E-state index in [1.54, 1.807) is 11.3 Å². The third-order valence-electron chi connectivity index (χ3n) is 3.89. The Labute approximate surface area is 143 Å². The predicted octanol–water partition coefficient (Wildman–Crippen LogP) is 3.02. The molecule has 1 fully saturated rings. The number of hydrogen-bond acceptors (Lipinski definition) is 4. The highest BCUT2D eigenvalue weighted by atomic mass is 35.5. The summed E-state index contributed by atoms with van der Waals surface area (Å²) in [5, 5.41) is 6.12. The zero-order chi connectivity index (χ0) is 14.0. The summed E-state index contributed by atoms with van der Waals surface area (Å²) in [6.45, 7) is 6.60. The minimum Gasteiger partial charge on any atom is -0.344 e. The molecule has 3 N–H and O–H groups in total. The summed E-state index contributed by atoms with van der Waals surface area (Å²) < 4.78 is 0. The standard InChI is InChI=1S/C14H23N3OS.2ClH/c1-9-8-19-13(16-9)14(2,3)17-12(18)11-6-4-5-10(11)7-15;;/h8,10-11H,4-7,15H2,1-3H3,(H,17,18);2*1H/t10-,11-;;/m1../s1. The first kappa shape index (κ1) is 20.6. The van der Waals surface area contributed by atoms with Gasteiger partial charge in [-0.3, -0.25) is 4.79 Å². The Morgan fingerprint density at radius 2 is 2.14 bits per heavy atom. The van der Waals surface area contributed by atoms with E-state index < -0.39 is 5.54 Å². The Hall–Kier alpha value is -0.360. The lowest BCUT2D eigenvalue weighted by molar-refractivity contribution is -0.127. The van der Waals surface area contributed by atoms with E-state index in [4.69, 9.17) is 5.73 Å². The highest BCUT2D eigenvalue weighted by Gasteiger charge is 2.35. The van der Waals surface area contributed by atoms with E-state index in [0.29, 0.717) is 12.5 Å². The van der Waals surface area contributed by atoms with Gasteiger partial charge in [-0.15, -0.1) is 36.2 Å². The fraction of sp³-hybridized carbons (Fsp3) is 0.714. The molecule has 2 rings (SSSR count). The Kier molecular flexibility index (Phi) is 8.18. The van der Waals surface area contributed by atoms with Crippen LogP contribution in [0.5, 0.6) is 0 Å². The molecule has 1 aliphatic rings. The second-order valence-electron chi connectivity index (χ2n) is 5.94. The van der Waals surface area contributed by atoms with Crippen LogP contribution in [0.1, 0.15) is 43.8 Å². The Balaban J connectivity index is 0.00000200. The lowest BCUT2D eigenvalue weighted by Gasteiger charge is -2.27. The normalized spacial score (nSPS) is 21.3. The van der Waals surface area contributed by atoms with Gasteiger partial charge in [-0.1, -0.05) is 6.42 Å². The molecule has 1 aromatic rings. The van der Waals surface area contributed by atoms with Gasteiger partial charge in [0.05, 0.1) is 5.54 Å². The van der Waals surface area contributed by atoms with Crippen molar-refractivity contribution in [3.05, 3.63) is 16.1 Å². The summed E-state index contributed by atoms with van der Waals surface area (Å²) in [5.41, 5.74) is 6.35. The Bertz CT molecular complexity index is 465. The number of hydrogen-bond donors (Lipinski definition) is 2. The van der Waals surface area contributed by atoms with Gasteiger partial charge >= 0.3 is 0 Å². The lowest BCUT2D eigenvalue weighted by Crippen LogP contribution is -2.45. The van der Waals surface area contributed by atoms with Crippen LogP contribution in [-0.4, -0.2) is 17.4 Å². The zero-order valence-corrected chi connectivity index (χ0v) is 15.2. The largest absolute Gasteiger partial charge is 0.344 e. The van der Waals surface area contributed by atoms with Crippen LogP contribution in [0.4, 0.5) is 0 Å². The molecule has 1 heterocycles. The first-order valence-corrected chi connectivity index (χ1v) is 7.76. The fourth-order valence-corrected chi connectivity index (χ4v) is 3.64. The second-order valence-corrected chi connectivity index (χ2v) is 6.80. The van der Waals surface area contributed by atoms with Crippen molar-refractivity contribution in [3.8, 4) is 0 Å². The third kappa shape index (κ3) is 4.81. The van der Waals surface area contributed by atoms with Crippen molar-refractivity contribution in [3.63, 3.8) is 0 Å². The van der Waals surface area contributed by atoms with Crippen molar-refractivity contribution in [2.24, 2.45) is 17.6 Å². The molecule has 0 aromatic carbocycles. The average molecular weight is 354 g/mol. The van der Waals surface area contributed by atoms with Crippen LogP contribution in [0.3, 0.4) is 0 Å². The van der Waals surface area contributed by atoms with Gasteiger partial charge in [-0.2, -0.15) is 0 Å². The minimum atomic E-state index is -0.405. The summed E-state index contributed by atoms with van der Waals surface area (Å²) in [6.07, 6.45) is 3.14. The second kappa shape index (κ2) is 8.32. The molecule has 0 saturated heterocycles. The van der Waals surface area contributed by atoms with Crippen LogP contribution in [-0.2, 0) is 10.3 Å². The van der Waals surface area contributed by atoms with Crippen molar-refractivity contribution in [1.82, 2.24) is 10.3 Å². The first-order chi connectivity index (χ1) is 8.94. The molecule has 1 amide bonds. The maximum Gasteiger partial charge on any atom is 0.224 e. The summed E-state index contributed by atoms with van der Waals surface area (Å²) in [5.74, 6) is 0.546. The van der Waals surface area contributed by atoms with Gasteiger partial charge in [-0.25, -0.2) is 4.98 Å². The topological polar surface area (TPSA) is 68.0 Å². The van der Waals surface area contributed by atoms with E-state index >= 15 is 0 Å². The molecule has 2 atom stereocenters. The molecule has 0 bridgehead atoms. The van der Waals surface area contributed by atoms with E-state index in [1.807, 2.05) is 26.2 Å². The van der Waals surface area contributed by atoms with Gasteiger partial charge in [0.25, 0.3) is 0 Å². The third-order valence-corrected chi connectivity index (χ3v) is 5.17. The van der Waals surface area contributed by atoms with E-state index in [2.05, 4.69) is 10.3 Å². The maximum atomic E-state index is 12.4. The molecule has 0 aliphatic heterocycles. The minimum absolute atomic E-state index is 0. The van der Waals surface area contributed by atoms with Crippen molar-refractivity contribution < 1.29 is 4.79 Å². The van der Waals surface area contributed by atoms with Gasteiger partial charge < -0.3 is 11.1 Å². The van der Waals surface area contributed by atoms with Gasteiger partial charge in [0.2, 0.25) is 5.91 Å². The lowest BCUT2D eigenvalue weighted by atomic mass is 9.94. The number of nitrogens with zero attached hydrogens (tertiary/aromatic N) is 1. The van der Waals surface area contributed by atoms with E-state index in [0.717, 1.165) is 30.0 Å². The van der Waals surface area contributed by atoms with Gasteiger partial charge in [0.15, 0.2) is 0 Å². The van der Waals surface area contributed by atoms with Crippen molar-refractivity contribution in [2.75, 3.05) is 6.54 Å². The SMILES string of the molecule is Cc1csc(C(C)(C)NC(=O)[C@@H]2CCC[C@@H]2CN)n1.Cl.Cl. The number of aromatic nitrogens is 1. The molecule has 4 nitrogen and oxygen atoms in total. The Morgan fingerprint density at radius 3 is 2.67 bits per heavy atom. The monoisotopic (exact) mass is 353 g/mol. The van der Waals surface area contributed by atoms with Crippen LogP contribution < -0.4 is 11.1 Å². The average Bonchev–Trinajstić information content (AvgIpc) is 2.96. The highest BCUT2D eigenvalue weighted by Crippen LogP contribution is 2.32. The number of aryl methyl sites for hydroxylation is 1. The first-order valence-electron chi connectivity index (χ1n) is 6.88. The smallest absolute Gasteiger partial charge is 0.224 e. The summed E-state index contributed by atoms with van der Waals surface area (Å²) in [6, 6.07) is 0. The highest BCUT2D eigenvalue weighted by molar-refractivity contribution is 7.09. The molecule has 0 spiro atoms. The zero-order valence-electron chi connectivity index (χ0n) is 12.7. The van der Waals surface area contributed by atoms with Crippen LogP contribution in [0, 0.1) is 18.8 Å². The quantitative estimate of drug-likeness (QED) is 0.873. The summed E-state index contributed by atoms with van der Waals surface area (Å²) in [4.78, 5) is 16.9. The van der Waals surface area contributed by atoms with Gasteiger partial charge in [0.1, 0.15) is 5.01 Å². The van der Waals surface area contributed by atoms with E-state index in [1.165, 1.54) is 0 Å². The number of carbonyl (C=O) groups is 1. The van der Waals surface area contributed by atoms with Crippen molar-refractivity contribution >= 4 is 42.1 Å². The molecular formula is C14H25Cl2N3OS. The summed E-state index contributed by atoms with van der Waals surface area (Å²) in [7, 11) is 0. The number of rotatable bonds is 4. The fourth-order valence-electron chi connectivity index (χ4n) is 2.76. The van der Waals surface area contributed by atoms with Gasteiger partial charge in [0, 0.05) is 17.0 Å². The van der Waals surface area contributed by atoms with E-state index in [-0.39, 0.29) is 36.6 Å². The number of nitrogens with one attached hydrogen (secondary N) is 1. The molecule has 0 unspecified atom stereocenters. The molecular weight excluding hydrogens is 329 g/mol. The molecule has 0 radical (unpaired) electrons. The summed E-state index contributed by atoms with van der Waals surface area (Å²) >= 11 is 1.60. The number of nitrogens with two attached hydrogens (primary N) is 1.